The zero-order valence-electron chi connectivity index (χ0n) is 15.5. The molecule has 1 atom stereocenters. The molecule has 1 heterocycles. The van der Waals surface area contributed by atoms with Gasteiger partial charge in [0.15, 0.2) is 0 Å². The van der Waals surface area contributed by atoms with Crippen LogP contribution in [0.3, 0.4) is 0 Å². The van der Waals surface area contributed by atoms with Crippen molar-refractivity contribution >= 4 is 27.5 Å². The number of amides is 1. The van der Waals surface area contributed by atoms with Crippen LogP contribution in [-0.4, -0.2) is 26.2 Å². The Morgan fingerprint density at radius 1 is 1.21 bits per heavy atom. The van der Waals surface area contributed by atoms with E-state index in [9.17, 15) is 13.2 Å². The minimum absolute atomic E-state index is 0.152. The minimum Gasteiger partial charge on any atom is -0.324 e. The molecule has 0 aliphatic carbocycles. The molecule has 28 heavy (non-hydrogen) atoms. The SMILES string of the molecule is CC(C)CC(N=C1NS(=O)(=O)c2ccccc21)C(=O)Nc1cccc(C#N)c1. The lowest BCUT2D eigenvalue weighted by atomic mass is 10.0. The minimum atomic E-state index is -3.67. The van der Waals surface area contributed by atoms with Gasteiger partial charge in [0.05, 0.1) is 16.5 Å². The lowest BCUT2D eigenvalue weighted by Gasteiger charge is -2.16. The van der Waals surface area contributed by atoms with Crippen LogP contribution in [0.1, 0.15) is 31.4 Å². The summed E-state index contributed by atoms with van der Waals surface area (Å²) in [6.45, 7) is 3.92. The van der Waals surface area contributed by atoms with Crippen LogP contribution in [0.5, 0.6) is 0 Å². The van der Waals surface area contributed by atoms with E-state index in [1.54, 1.807) is 42.5 Å². The third-order valence-corrected chi connectivity index (χ3v) is 5.60. The number of rotatable bonds is 5. The predicted molar refractivity (Wildman–Crippen MR) is 106 cm³/mol. The Bertz CT molecular complexity index is 1080. The average molecular weight is 396 g/mol. The maximum Gasteiger partial charge on any atom is 0.263 e. The Hall–Kier alpha value is -3.18. The first-order valence-electron chi connectivity index (χ1n) is 8.81. The molecular weight excluding hydrogens is 376 g/mol. The summed E-state index contributed by atoms with van der Waals surface area (Å²) in [5.41, 5.74) is 1.38. The lowest BCUT2D eigenvalue weighted by molar-refractivity contribution is -0.117. The molecule has 1 aliphatic heterocycles. The number of nitrogens with one attached hydrogen (secondary N) is 2. The molecule has 0 radical (unpaired) electrons. The molecule has 8 heteroatoms. The highest BCUT2D eigenvalue weighted by molar-refractivity contribution is 7.90. The van der Waals surface area contributed by atoms with E-state index >= 15 is 0 Å². The highest BCUT2D eigenvalue weighted by Crippen LogP contribution is 2.24. The fraction of sp³-hybridized carbons (Fsp3) is 0.250. The van der Waals surface area contributed by atoms with E-state index in [1.165, 1.54) is 6.07 Å². The number of hydrogen-bond donors (Lipinski definition) is 2. The third-order valence-electron chi connectivity index (χ3n) is 4.20. The third kappa shape index (κ3) is 4.21. The summed E-state index contributed by atoms with van der Waals surface area (Å²) >= 11 is 0. The van der Waals surface area contributed by atoms with Crippen molar-refractivity contribution in [1.29, 1.82) is 5.26 Å². The van der Waals surface area contributed by atoms with Crippen molar-refractivity contribution in [2.45, 2.75) is 31.2 Å². The van der Waals surface area contributed by atoms with E-state index in [4.69, 9.17) is 5.26 Å². The van der Waals surface area contributed by atoms with Crippen molar-refractivity contribution in [1.82, 2.24) is 4.72 Å². The highest BCUT2D eigenvalue weighted by atomic mass is 32.2. The van der Waals surface area contributed by atoms with Crippen LogP contribution in [0.2, 0.25) is 0 Å². The quantitative estimate of drug-likeness (QED) is 0.809. The van der Waals surface area contributed by atoms with E-state index < -0.39 is 16.1 Å². The Labute approximate surface area is 164 Å². The predicted octanol–water partition coefficient (Wildman–Crippen LogP) is 2.65. The summed E-state index contributed by atoms with van der Waals surface area (Å²) in [6.07, 6.45) is 0.442. The summed E-state index contributed by atoms with van der Waals surface area (Å²) in [4.78, 5) is 17.4. The molecule has 1 amide bonds. The van der Waals surface area contributed by atoms with E-state index in [0.717, 1.165) is 0 Å². The number of amidine groups is 1. The van der Waals surface area contributed by atoms with Crippen molar-refractivity contribution < 1.29 is 13.2 Å². The normalized spacial score (nSPS) is 16.9. The molecular formula is C20H20N4O3S. The molecule has 0 fully saturated rings. The lowest BCUT2D eigenvalue weighted by Crippen LogP contribution is -2.31. The van der Waals surface area contributed by atoms with Gasteiger partial charge in [-0.1, -0.05) is 32.0 Å². The smallest absolute Gasteiger partial charge is 0.263 e. The molecule has 2 aromatic rings. The molecule has 0 aromatic heterocycles. The van der Waals surface area contributed by atoms with E-state index in [-0.39, 0.29) is 22.6 Å². The largest absolute Gasteiger partial charge is 0.324 e. The molecule has 0 saturated heterocycles. The molecule has 1 unspecified atom stereocenters. The summed E-state index contributed by atoms with van der Waals surface area (Å²) in [5, 5.41) is 11.8. The molecule has 2 aromatic carbocycles. The first-order valence-corrected chi connectivity index (χ1v) is 10.3. The summed E-state index contributed by atoms with van der Waals surface area (Å²) < 4.78 is 27.0. The van der Waals surface area contributed by atoms with Crippen molar-refractivity contribution in [2.24, 2.45) is 10.9 Å². The van der Waals surface area contributed by atoms with Gasteiger partial charge in [-0.2, -0.15) is 5.26 Å². The van der Waals surface area contributed by atoms with Gasteiger partial charge in [0, 0.05) is 11.3 Å². The molecule has 0 bridgehead atoms. The second kappa shape index (κ2) is 7.82. The Morgan fingerprint density at radius 2 is 1.96 bits per heavy atom. The summed E-state index contributed by atoms with van der Waals surface area (Å²) in [6, 6.07) is 14.4. The number of benzene rings is 2. The fourth-order valence-corrected chi connectivity index (χ4v) is 4.18. The van der Waals surface area contributed by atoms with Crippen molar-refractivity contribution in [3.8, 4) is 6.07 Å². The Kier molecular flexibility index (Phi) is 5.47. The zero-order chi connectivity index (χ0) is 20.3. The van der Waals surface area contributed by atoms with Gasteiger partial charge in [0.25, 0.3) is 10.0 Å². The second-order valence-corrected chi connectivity index (χ2v) is 8.56. The van der Waals surface area contributed by atoms with Gasteiger partial charge >= 0.3 is 0 Å². The van der Waals surface area contributed by atoms with Crippen molar-refractivity contribution in [3.05, 3.63) is 59.7 Å². The van der Waals surface area contributed by atoms with Crippen LogP contribution in [0.4, 0.5) is 5.69 Å². The van der Waals surface area contributed by atoms with Crippen LogP contribution in [0, 0.1) is 17.2 Å². The maximum atomic E-state index is 12.8. The van der Waals surface area contributed by atoms with Gasteiger partial charge in [-0.15, -0.1) is 0 Å². The van der Waals surface area contributed by atoms with Gasteiger partial charge in [0.1, 0.15) is 11.9 Å². The van der Waals surface area contributed by atoms with Crippen LogP contribution < -0.4 is 10.0 Å². The van der Waals surface area contributed by atoms with Crippen molar-refractivity contribution in [2.75, 3.05) is 5.32 Å². The van der Waals surface area contributed by atoms with E-state index in [2.05, 4.69) is 15.0 Å². The summed E-state index contributed by atoms with van der Waals surface area (Å²) in [7, 11) is -3.67. The number of fused-ring (bicyclic) bond motifs is 1. The van der Waals surface area contributed by atoms with E-state index in [1.807, 2.05) is 19.9 Å². The number of carbonyl (C=O) groups excluding carboxylic acids is 1. The summed E-state index contributed by atoms with van der Waals surface area (Å²) in [5.74, 6) is -0.0270. The standard InChI is InChI=1S/C20H20N4O3S/c1-13(2)10-17(20(25)22-15-7-5-6-14(11-15)12-21)23-19-16-8-3-4-9-18(16)28(26,27)24-19/h3-9,11,13,17H,10H2,1-2H3,(H,22,25)(H,23,24). The van der Waals surface area contributed by atoms with Crippen molar-refractivity contribution in [3.63, 3.8) is 0 Å². The van der Waals surface area contributed by atoms with Gasteiger partial charge in [-0.05, 0) is 42.7 Å². The van der Waals surface area contributed by atoms with Gasteiger partial charge in [0.2, 0.25) is 5.91 Å². The van der Waals surface area contributed by atoms with Crippen LogP contribution >= 0.6 is 0 Å². The van der Waals surface area contributed by atoms with Crippen LogP contribution in [0.25, 0.3) is 0 Å². The first kappa shape index (κ1) is 19.6. The number of hydrogen-bond acceptors (Lipinski definition) is 5. The molecule has 2 N–H and O–H groups in total. The Morgan fingerprint density at radius 3 is 2.68 bits per heavy atom. The number of nitriles is 1. The van der Waals surface area contributed by atoms with Gasteiger partial charge in [-0.25, -0.2) is 8.42 Å². The number of carbonyl (C=O) groups is 1. The van der Waals surface area contributed by atoms with Crippen LogP contribution in [-0.2, 0) is 14.8 Å². The molecule has 1 aliphatic rings. The van der Waals surface area contributed by atoms with E-state index in [0.29, 0.717) is 23.2 Å². The van der Waals surface area contributed by atoms with Crippen LogP contribution in [0.15, 0.2) is 58.4 Å². The number of sulfonamides is 1. The molecule has 144 valence electrons. The molecule has 0 spiro atoms. The maximum absolute atomic E-state index is 12.8. The fourth-order valence-electron chi connectivity index (χ4n) is 2.94. The Balaban J connectivity index is 1.92. The molecule has 3 rings (SSSR count). The average Bonchev–Trinajstić information content (AvgIpc) is 2.91. The first-order chi connectivity index (χ1) is 13.3. The zero-order valence-corrected chi connectivity index (χ0v) is 16.3. The van der Waals surface area contributed by atoms with Gasteiger partial charge in [-0.3, -0.25) is 14.5 Å². The monoisotopic (exact) mass is 396 g/mol. The molecule has 7 nitrogen and oxygen atoms in total. The van der Waals surface area contributed by atoms with Gasteiger partial charge < -0.3 is 5.32 Å². The highest BCUT2D eigenvalue weighted by Gasteiger charge is 2.32. The number of aliphatic imine (C=N–C) groups is 1. The number of anilines is 1. The molecule has 0 saturated carbocycles. The second-order valence-electron chi connectivity index (χ2n) is 6.91. The number of nitrogens with zero attached hydrogens (tertiary/aromatic N) is 2. The topological polar surface area (TPSA) is 111 Å².